The molecule has 1 amide bonds. The van der Waals surface area contributed by atoms with E-state index in [1.807, 2.05) is 26.8 Å². The Labute approximate surface area is 397 Å². The highest BCUT2D eigenvalue weighted by atomic mass is 16.6. The minimum absolute atomic E-state index is 0.161. The number of hydrogen-bond acceptors (Lipinski definition) is 15. The maximum absolute atomic E-state index is 12.6. The summed E-state index contributed by atoms with van der Waals surface area (Å²) in [6.45, 7) is 24.2. The molecular formula is C47H52N16O6. The molecule has 22 heteroatoms. The van der Waals surface area contributed by atoms with Crippen LogP contribution in [0, 0.1) is 25.0 Å². The lowest BCUT2D eigenvalue weighted by Crippen LogP contribution is -2.44. The fourth-order valence-corrected chi connectivity index (χ4v) is 7.55. The van der Waals surface area contributed by atoms with Crippen molar-refractivity contribution in [1.82, 2.24) is 49.3 Å². The zero-order valence-corrected chi connectivity index (χ0v) is 38.3. The molecule has 356 valence electrons. The van der Waals surface area contributed by atoms with Gasteiger partial charge in [-0.1, -0.05) is 13.1 Å². The lowest BCUT2D eigenvalue weighted by molar-refractivity contribution is 0.0172. The second kappa shape index (κ2) is 22.2. The summed E-state index contributed by atoms with van der Waals surface area (Å²) in [4.78, 5) is 68.8. The average molecular weight is 937 g/mol. The van der Waals surface area contributed by atoms with Gasteiger partial charge in [0.1, 0.15) is 17.2 Å². The molecular weight excluding hydrogens is 885 g/mol. The lowest BCUT2D eigenvalue weighted by atomic mass is 9.98. The number of nitrogens with one attached hydrogen (secondary N) is 5. The van der Waals surface area contributed by atoms with Gasteiger partial charge >= 0.3 is 18.0 Å². The summed E-state index contributed by atoms with van der Waals surface area (Å²) in [5, 5.41) is 35.1. The van der Waals surface area contributed by atoms with Gasteiger partial charge in [0.15, 0.2) is 24.0 Å². The van der Waals surface area contributed by atoms with E-state index in [1.54, 1.807) is 57.2 Å². The molecule has 7 N–H and O–H groups in total. The van der Waals surface area contributed by atoms with Gasteiger partial charge in [-0.15, -0.1) is 9.97 Å². The van der Waals surface area contributed by atoms with Crippen molar-refractivity contribution >= 4 is 64.3 Å². The molecule has 22 nitrogen and oxygen atoms in total. The van der Waals surface area contributed by atoms with Gasteiger partial charge in [-0.05, 0) is 83.5 Å². The van der Waals surface area contributed by atoms with Crippen LogP contribution in [-0.4, -0.2) is 117 Å². The van der Waals surface area contributed by atoms with Crippen LogP contribution in [0.4, 0.5) is 51.1 Å². The van der Waals surface area contributed by atoms with Gasteiger partial charge in [0, 0.05) is 63.1 Å². The van der Waals surface area contributed by atoms with Crippen molar-refractivity contribution in [1.29, 1.82) is 0 Å². The Morgan fingerprint density at radius 3 is 1.67 bits per heavy atom. The number of likely N-dealkylation sites (tertiary alicyclic amines) is 1. The van der Waals surface area contributed by atoms with Crippen molar-refractivity contribution in [2.24, 2.45) is 11.8 Å². The number of ether oxygens (including phenoxy) is 1. The number of carbonyl (C=O) groups excluding carboxylic acids is 1. The summed E-state index contributed by atoms with van der Waals surface area (Å²) >= 11 is 0. The molecule has 69 heavy (non-hydrogen) atoms. The zero-order chi connectivity index (χ0) is 48.9. The summed E-state index contributed by atoms with van der Waals surface area (Å²) in [5.74, 6) is 1.08. The normalized spacial score (nSPS) is 15.6. The number of hydrogen-bond donors (Lipinski definition) is 7. The van der Waals surface area contributed by atoms with Gasteiger partial charge in [-0.3, -0.25) is 0 Å². The van der Waals surface area contributed by atoms with Crippen LogP contribution in [0.3, 0.4) is 0 Å². The number of nitrogens with zero attached hydrogens (tertiary/aromatic N) is 11. The molecule has 0 aromatic carbocycles. The average Bonchev–Trinajstić information content (AvgIpc) is 4.06. The molecule has 2 unspecified atom stereocenters. The van der Waals surface area contributed by atoms with E-state index in [2.05, 4.69) is 66.2 Å². The summed E-state index contributed by atoms with van der Waals surface area (Å²) < 4.78 is 8.98. The fourth-order valence-electron chi connectivity index (χ4n) is 7.55. The smallest absolute Gasteiger partial charge is 0.410 e. The summed E-state index contributed by atoms with van der Waals surface area (Å²) in [6, 6.07) is 6.73. The Morgan fingerprint density at radius 2 is 1.23 bits per heavy atom. The maximum atomic E-state index is 12.6. The van der Waals surface area contributed by atoms with Gasteiger partial charge in [-0.25, -0.2) is 34.3 Å². The van der Waals surface area contributed by atoms with Crippen LogP contribution in [0.2, 0.25) is 0 Å². The first-order chi connectivity index (χ1) is 33.2. The molecule has 2 fully saturated rings. The molecule has 2 saturated heterocycles. The zero-order valence-electron chi connectivity index (χ0n) is 38.3. The summed E-state index contributed by atoms with van der Waals surface area (Å²) in [7, 11) is 0. The topological polar surface area (TPSA) is 260 Å². The van der Waals surface area contributed by atoms with Gasteiger partial charge in [0.25, 0.3) is 11.6 Å². The van der Waals surface area contributed by atoms with Crippen LogP contribution in [0.15, 0.2) is 86.2 Å². The number of anilines is 6. The number of carbonyl (C=O) groups is 3. The van der Waals surface area contributed by atoms with E-state index in [0.717, 1.165) is 62.4 Å². The maximum Gasteiger partial charge on any atom is 0.410 e. The molecule has 6 aromatic rings. The lowest BCUT2D eigenvalue weighted by Gasteiger charge is -2.34. The predicted molar refractivity (Wildman–Crippen MR) is 257 cm³/mol. The van der Waals surface area contributed by atoms with E-state index in [-0.39, 0.29) is 34.8 Å². The van der Waals surface area contributed by atoms with Crippen LogP contribution < -0.4 is 26.6 Å². The van der Waals surface area contributed by atoms with Crippen molar-refractivity contribution in [3.8, 4) is 11.4 Å². The molecule has 0 saturated carbocycles. The first-order valence-corrected chi connectivity index (χ1v) is 22.2. The van der Waals surface area contributed by atoms with E-state index < -0.39 is 17.5 Å². The number of pyridine rings is 2. The second-order valence-corrected chi connectivity index (χ2v) is 17.3. The van der Waals surface area contributed by atoms with Crippen molar-refractivity contribution in [2.45, 2.75) is 52.1 Å². The molecule has 0 aliphatic carbocycles. The Kier molecular flexibility index (Phi) is 15.6. The largest absolute Gasteiger partial charge is 0.478 e. The Morgan fingerprint density at radius 1 is 0.725 bits per heavy atom. The van der Waals surface area contributed by atoms with Gasteiger partial charge < -0.3 is 65.3 Å². The number of aromatic carboxylic acids is 2. The number of rotatable bonds is 14. The number of piperidine rings is 2. The van der Waals surface area contributed by atoms with E-state index in [9.17, 15) is 24.6 Å². The predicted octanol–water partition coefficient (Wildman–Crippen LogP) is 7.78. The number of carboxylic acid groups (broad SMARTS) is 2. The van der Waals surface area contributed by atoms with E-state index in [1.165, 1.54) is 37.1 Å². The van der Waals surface area contributed by atoms with Gasteiger partial charge in [0.05, 0.1) is 58.7 Å². The number of carboxylic acids is 2. The third-order valence-electron chi connectivity index (χ3n) is 11.0. The van der Waals surface area contributed by atoms with E-state index >= 15 is 0 Å². The quantitative estimate of drug-likeness (QED) is 0.0514. The van der Waals surface area contributed by atoms with Crippen LogP contribution in [0.5, 0.6) is 0 Å². The van der Waals surface area contributed by atoms with Crippen LogP contribution in [-0.2, 0) is 4.74 Å². The van der Waals surface area contributed by atoms with Crippen molar-refractivity contribution in [3.63, 3.8) is 0 Å². The highest BCUT2D eigenvalue weighted by molar-refractivity contribution is 5.88. The molecule has 0 spiro atoms. The first-order valence-electron chi connectivity index (χ1n) is 22.2. The van der Waals surface area contributed by atoms with Crippen LogP contribution in [0.1, 0.15) is 67.2 Å². The third-order valence-corrected chi connectivity index (χ3v) is 11.0. The van der Waals surface area contributed by atoms with Crippen molar-refractivity contribution in [2.75, 3.05) is 60.5 Å². The standard InChI is InChI=1S/C26H30N8O4.C21H22N8O2/c1-26(2,3)38-25(37)34-8-5-6-17(15-34)11-28-19-10-21(32-23-14-30-22(27-4)13-31-23)29-12-20(19)33-9-7-18(16-33)24(35)36;1-22-19-11-27-20(12-26-19)28-18-7-16(24-9-14-3-2-5-23-8-14)17(10-25-18)29-6-4-15(13-29)21(30)31/h7,9-10,12-14,16-17H,5-6,8,11,15H2,1-3H3,(H,35,36)(H2,28,29,31,32);4,6-7,10-14,23H,2-3,5,8-9H2,(H,30,31)(H2,24,25,27,28). The summed E-state index contributed by atoms with van der Waals surface area (Å²) in [6.07, 6.45) is 19.3. The van der Waals surface area contributed by atoms with E-state index in [0.29, 0.717) is 54.5 Å². The van der Waals surface area contributed by atoms with Crippen LogP contribution >= 0.6 is 0 Å². The highest BCUT2D eigenvalue weighted by Gasteiger charge is 2.28. The Hall–Kier alpha value is -8.63. The Bertz CT molecular complexity index is 2820. The van der Waals surface area contributed by atoms with Crippen molar-refractivity contribution in [3.05, 3.63) is 120 Å². The van der Waals surface area contributed by atoms with Gasteiger partial charge in [0.2, 0.25) is 0 Å². The van der Waals surface area contributed by atoms with E-state index in [4.69, 9.17) is 17.9 Å². The minimum atomic E-state index is -1.02. The fraction of sp³-hybridized carbons (Fsp3) is 0.340. The van der Waals surface area contributed by atoms with Crippen molar-refractivity contribution < 1.29 is 29.3 Å². The molecule has 2 aliphatic heterocycles. The molecule has 0 radical (unpaired) electrons. The molecule has 8 heterocycles. The summed E-state index contributed by atoms with van der Waals surface area (Å²) in [5.41, 5.74) is 2.77. The third kappa shape index (κ3) is 13.5. The molecule has 2 aliphatic rings. The Balaban J connectivity index is 0.000000208. The number of aromatic nitrogens is 8. The van der Waals surface area contributed by atoms with Gasteiger partial charge in [-0.2, -0.15) is 0 Å². The SMILES string of the molecule is [C-]#[N+]c1cnc(Nc2cc(NCC3CCCN(C(=O)OC(C)(C)C)C3)c(-n3ccc(C(=O)O)c3)cn2)cn1.[C-]#[N+]c1cnc(Nc2cc(NCC3CCCNC3)c(-n3ccc(C(=O)O)c3)cn2)cn1. The molecule has 2 atom stereocenters. The first kappa shape index (κ1) is 48.3. The monoisotopic (exact) mass is 936 g/mol. The minimum Gasteiger partial charge on any atom is -0.478 e. The second-order valence-electron chi connectivity index (χ2n) is 17.3. The molecule has 0 bridgehead atoms. The number of amides is 1. The van der Waals surface area contributed by atoms with Crippen LogP contribution in [0.25, 0.3) is 21.1 Å². The highest BCUT2D eigenvalue weighted by Crippen LogP contribution is 2.29. The molecule has 6 aromatic heterocycles. The molecule has 8 rings (SSSR count).